The molecule has 2 N–H and O–H groups in total. The maximum absolute atomic E-state index is 13.0. The summed E-state index contributed by atoms with van der Waals surface area (Å²) in [5.41, 5.74) is 1.65. The molecule has 0 saturated heterocycles. The standard InChI is InChI=1S/C23H21F3N2O3S/c24-23(25,26)16-27-22(29)19-11-13-20(14-12-19)32(30,31)28-21(18-9-5-2-6-10-18)15-17-7-3-1-4-8-17/h1-14,21,28H,15-16H2,(H,27,29)/t21-/m1/s1. The molecule has 0 aromatic heterocycles. The van der Waals surface area contributed by atoms with Gasteiger partial charge in [0.15, 0.2) is 0 Å². The van der Waals surface area contributed by atoms with E-state index in [1.807, 2.05) is 60.7 Å². The molecule has 0 aliphatic rings. The van der Waals surface area contributed by atoms with Crippen molar-refractivity contribution in [1.29, 1.82) is 0 Å². The Kier molecular flexibility index (Phi) is 7.32. The highest BCUT2D eigenvalue weighted by Crippen LogP contribution is 2.22. The van der Waals surface area contributed by atoms with Crippen molar-refractivity contribution < 1.29 is 26.4 Å². The summed E-state index contributed by atoms with van der Waals surface area (Å²) in [6.45, 7) is -1.47. The number of amides is 1. The lowest BCUT2D eigenvalue weighted by molar-refractivity contribution is -0.123. The molecule has 0 aliphatic heterocycles. The number of nitrogens with one attached hydrogen (secondary N) is 2. The summed E-state index contributed by atoms with van der Waals surface area (Å²) < 4.78 is 65.5. The van der Waals surface area contributed by atoms with E-state index in [1.165, 1.54) is 24.3 Å². The second-order valence-corrected chi connectivity index (χ2v) is 8.81. The van der Waals surface area contributed by atoms with Crippen LogP contribution < -0.4 is 10.0 Å². The number of hydrogen-bond donors (Lipinski definition) is 2. The van der Waals surface area contributed by atoms with Crippen LogP contribution in [0.3, 0.4) is 0 Å². The van der Waals surface area contributed by atoms with Crippen LogP contribution in [0, 0.1) is 0 Å². The van der Waals surface area contributed by atoms with E-state index in [-0.39, 0.29) is 10.5 Å². The monoisotopic (exact) mass is 462 g/mol. The number of alkyl halides is 3. The molecule has 0 aliphatic carbocycles. The Bertz CT molecular complexity index is 1130. The molecular formula is C23H21F3N2O3S. The number of carbonyl (C=O) groups is 1. The van der Waals surface area contributed by atoms with Crippen molar-refractivity contribution in [3.05, 3.63) is 102 Å². The van der Waals surface area contributed by atoms with Crippen LogP contribution in [0.4, 0.5) is 13.2 Å². The molecule has 0 radical (unpaired) electrons. The zero-order valence-corrected chi connectivity index (χ0v) is 17.7. The molecule has 3 rings (SSSR count). The molecule has 32 heavy (non-hydrogen) atoms. The average Bonchev–Trinajstić information content (AvgIpc) is 2.78. The summed E-state index contributed by atoms with van der Waals surface area (Å²) >= 11 is 0. The number of halogens is 3. The second kappa shape index (κ2) is 9.97. The molecule has 0 saturated carbocycles. The lowest BCUT2D eigenvalue weighted by atomic mass is 10.00. The maximum Gasteiger partial charge on any atom is 0.405 e. The van der Waals surface area contributed by atoms with Gasteiger partial charge in [-0.3, -0.25) is 4.79 Å². The molecule has 5 nitrogen and oxygen atoms in total. The molecule has 0 bridgehead atoms. The molecule has 9 heteroatoms. The first-order valence-electron chi connectivity index (χ1n) is 9.70. The smallest absolute Gasteiger partial charge is 0.343 e. The molecule has 168 valence electrons. The Morgan fingerprint density at radius 2 is 1.41 bits per heavy atom. The van der Waals surface area contributed by atoms with E-state index in [0.29, 0.717) is 6.42 Å². The minimum absolute atomic E-state index is 0.0721. The number of carbonyl (C=O) groups excluding carboxylic acids is 1. The summed E-state index contributed by atoms with van der Waals surface area (Å²) in [5, 5.41) is 1.75. The van der Waals surface area contributed by atoms with Gasteiger partial charge in [0.2, 0.25) is 10.0 Å². The minimum atomic E-state index is -4.53. The molecule has 0 spiro atoms. The lowest BCUT2D eigenvalue weighted by Crippen LogP contribution is -2.33. The summed E-state index contributed by atoms with van der Waals surface area (Å²) in [4.78, 5) is 11.7. The van der Waals surface area contributed by atoms with E-state index in [2.05, 4.69) is 4.72 Å². The Morgan fingerprint density at radius 3 is 1.97 bits per heavy atom. The van der Waals surface area contributed by atoms with Crippen LogP contribution in [0.25, 0.3) is 0 Å². The fourth-order valence-corrected chi connectivity index (χ4v) is 4.31. The number of benzene rings is 3. The van der Waals surface area contributed by atoms with Crippen LogP contribution in [-0.4, -0.2) is 27.0 Å². The molecule has 1 atom stereocenters. The highest BCUT2D eigenvalue weighted by atomic mass is 32.2. The van der Waals surface area contributed by atoms with E-state index in [0.717, 1.165) is 11.1 Å². The molecule has 3 aromatic rings. The molecule has 3 aromatic carbocycles. The third kappa shape index (κ3) is 6.66. The molecule has 0 unspecified atom stereocenters. The van der Waals surface area contributed by atoms with Gasteiger partial charge < -0.3 is 5.32 Å². The van der Waals surface area contributed by atoms with Crippen molar-refractivity contribution in [2.24, 2.45) is 0 Å². The maximum atomic E-state index is 13.0. The second-order valence-electron chi connectivity index (χ2n) is 7.10. The highest BCUT2D eigenvalue weighted by Gasteiger charge is 2.28. The van der Waals surface area contributed by atoms with Crippen molar-refractivity contribution in [2.45, 2.75) is 23.5 Å². The van der Waals surface area contributed by atoms with E-state index < -0.39 is 34.7 Å². The Labute approximate surface area is 184 Å². The van der Waals surface area contributed by atoms with Crippen LogP contribution in [0.1, 0.15) is 27.5 Å². The third-order valence-corrected chi connectivity index (χ3v) is 6.15. The van der Waals surface area contributed by atoms with Crippen molar-refractivity contribution in [2.75, 3.05) is 6.54 Å². The summed E-state index contributed by atoms with van der Waals surface area (Å²) in [5.74, 6) is -0.939. The zero-order valence-electron chi connectivity index (χ0n) is 16.8. The third-order valence-electron chi connectivity index (χ3n) is 4.66. The van der Waals surface area contributed by atoms with E-state index in [1.54, 1.807) is 5.32 Å². The van der Waals surface area contributed by atoms with Gasteiger partial charge in [0, 0.05) is 5.56 Å². The fraction of sp³-hybridized carbons (Fsp3) is 0.174. The first-order valence-corrected chi connectivity index (χ1v) is 11.2. The van der Waals surface area contributed by atoms with Gasteiger partial charge in [-0.05, 0) is 41.8 Å². The predicted molar refractivity (Wildman–Crippen MR) is 114 cm³/mol. The summed E-state index contributed by atoms with van der Waals surface area (Å²) in [6, 6.07) is 22.7. The van der Waals surface area contributed by atoms with Gasteiger partial charge in [0.1, 0.15) is 6.54 Å². The number of sulfonamides is 1. The van der Waals surface area contributed by atoms with Crippen LogP contribution in [0.5, 0.6) is 0 Å². The fourth-order valence-electron chi connectivity index (χ4n) is 3.09. The zero-order chi connectivity index (χ0) is 23.2. The Morgan fingerprint density at radius 1 is 0.844 bits per heavy atom. The summed E-state index contributed by atoms with van der Waals surface area (Å²) in [7, 11) is -3.97. The van der Waals surface area contributed by atoms with E-state index in [4.69, 9.17) is 0 Å². The van der Waals surface area contributed by atoms with Crippen molar-refractivity contribution >= 4 is 15.9 Å². The predicted octanol–water partition coefficient (Wildman–Crippen LogP) is 4.24. The van der Waals surface area contributed by atoms with Gasteiger partial charge in [0.25, 0.3) is 5.91 Å². The van der Waals surface area contributed by atoms with Crippen LogP contribution in [0.2, 0.25) is 0 Å². The van der Waals surface area contributed by atoms with Gasteiger partial charge >= 0.3 is 6.18 Å². The van der Waals surface area contributed by atoms with Gasteiger partial charge in [0.05, 0.1) is 10.9 Å². The topological polar surface area (TPSA) is 75.3 Å². The Balaban J connectivity index is 1.78. The van der Waals surface area contributed by atoms with Crippen molar-refractivity contribution in [3.8, 4) is 0 Å². The molecule has 0 fully saturated rings. The van der Waals surface area contributed by atoms with Crippen LogP contribution in [-0.2, 0) is 16.4 Å². The van der Waals surface area contributed by atoms with Gasteiger partial charge in [-0.25, -0.2) is 13.1 Å². The first-order chi connectivity index (χ1) is 15.1. The highest BCUT2D eigenvalue weighted by molar-refractivity contribution is 7.89. The minimum Gasteiger partial charge on any atom is -0.343 e. The van der Waals surface area contributed by atoms with Crippen LogP contribution >= 0.6 is 0 Å². The quantitative estimate of drug-likeness (QED) is 0.526. The molecule has 0 heterocycles. The van der Waals surface area contributed by atoms with Crippen molar-refractivity contribution in [1.82, 2.24) is 10.0 Å². The summed E-state index contributed by atoms with van der Waals surface area (Å²) in [6.07, 6.45) is -4.12. The van der Waals surface area contributed by atoms with Gasteiger partial charge in [-0.1, -0.05) is 60.7 Å². The molecule has 1 amide bonds. The molecular weight excluding hydrogens is 441 g/mol. The Hall–Kier alpha value is -3.17. The van der Waals surface area contributed by atoms with E-state index >= 15 is 0 Å². The largest absolute Gasteiger partial charge is 0.405 e. The number of hydrogen-bond acceptors (Lipinski definition) is 3. The number of rotatable bonds is 8. The van der Waals surface area contributed by atoms with E-state index in [9.17, 15) is 26.4 Å². The first kappa shape index (κ1) is 23.5. The SMILES string of the molecule is O=C(NCC(F)(F)F)c1ccc(S(=O)(=O)N[C@H](Cc2ccccc2)c2ccccc2)cc1. The lowest BCUT2D eigenvalue weighted by Gasteiger charge is -2.20. The van der Waals surface area contributed by atoms with Gasteiger partial charge in [-0.15, -0.1) is 0 Å². The average molecular weight is 462 g/mol. The van der Waals surface area contributed by atoms with Crippen LogP contribution in [0.15, 0.2) is 89.8 Å². The van der Waals surface area contributed by atoms with Crippen molar-refractivity contribution in [3.63, 3.8) is 0 Å². The van der Waals surface area contributed by atoms with Gasteiger partial charge in [-0.2, -0.15) is 13.2 Å². The normalized spacial score (nSPS) is 12.8.